The molecule has 0 saturated heterocycles. The zero-order valence-electron chi connectivity index (χ0n) is 14.2. The van der Waals surface area contributed by atoms with Crippen LogP contribution in [0.3, 0.4) is 0 Å². The number of amides is 2. The van der Waals surface area contributed by atoms with Crippen molar-refractivity contribution in [2.45, 2.75) is 32.9 Å². The van der Waals surface area contributed by atoms with Crippen molar-refractivity contribution in [2.24, 2.45) is 0 Å². The minimum absolute atomic E-state index is 0.0270. The number of aromatic nitrogens is 3. The van der Waals surface area contributed by atoms with Crippen molar-refractivity contribution in [3.05, 3.63) is 34.9 Å². The van der Waals surface area contributed by atoms with E-state index >= 15 is 0 Å². The van der Waals surface area contributed by atoms with Crippen molar-refractivity contribution in [2.75, 3.05) is 18.4 Å². The molecule has 0 fully saturated rings. The van der Waals surface area contributed by atoms with Crippen LogP contribution in [0.15, 0.2) is 18.6 Å². The molecule has 2 aromatic heterocycles. The SMILES string of the molecule is CC(C)NC(=O)CN1CCc2nc(NC(=O)c3cnccn3)sc2C1. The maximum absolute atomic E-state index is 12.1. The van der Waals surface area contributed by atoms with Gasteiger partial charge in [-0.1, -0.05) is 0 Å². The molecular weight excluding hydrogens is 340 g/mol. The summed E-state index contributed by atoms with van der Waals surface area (Å²) in [5.74, 6) is -0.300. The summed E-state index contributed by atoms with van der Waals surface area (Å²) in [6.07, 6.45) is 5.17. The third kappa shape index (κ3) is 4.58. The second kappa shape index (κ2) is 7.66. The smallest absolute Gasteiger partial charge is 0.277 e. The molecule has 0 aromatic carbocycles. The number of fused-ring (bicyclic) bond motifs is 1. The van der Waals surface area contributed by atoms with Gasteiger partial charge in [-0.25, -0.2) is 9.97 Å². The fourth-order valence-electron chi connectivity index (χ4n) is 2.59. The highest BCUT2D eigenvalue weighted by atomic mass is 32.1. The van der Waals surface area contributed by atoms with Gasteiger partial charge in [0.05, 0.1) is 18.4 Å². The average Bonchev–Trinajstić information content (AvgIpc) is 2.96. The van der Waals surface area contributed by atoms with E-state index in [1.165, 1.54) is 29.9 Å². The molecule has 0 radical (unpaired) electrons. The van der Waals surface area contributed by atoms with Gasteiger partial charge in [-0.15, -0.1) is 11.3 Å². The number of nitrogens with one attached hydrogen (secondary N) is 2. The molecule has 0 unspecified atom stereocenters. The average molecular weight is 360 g/mol. The van der Waals surface area contributed by atoms with E-state index in [9.17, 15) is 9.59 Å². The predicted molar refractivity (Wildman–Crippen MR) is 94.4 cm³/mol. The Balaban J connectivity index is 1.61. The summed E-state index contributed by atoms with van der Waals surface area (Å²) in [5.41, 5.74) is 1.24. The lowest BCUT2D eigenvalue weighted by molar-refractivity contribution is -0.122. The van der Waals surface area contributed by atoms with Gasteiger partial charge in [0, 0.05) is 42.8 Å². The van der Waals surface area contributed by atoms with Crippen LogP contribution in [0.5, 0.6) is 0 Å². The Morgan fingerprint density at radius 2 is 2.20 bits per heavy atom. The zero-order chi connectivity index (χ0) is 17.8. The van der Waals surface area contributed by atoms with Gasteiger partial charge in [0.25, 0.3) is 5.91 Å². The third-order valence-corrected chi connectivity index (χ3v) is 4.64. The number of nitrogens with zero attached hydrogens (tertiary/aromatic N) is 4. The standard InChI is InChI=1S/C16H20N6O2S/c1-10(2)19-14(23)9-22-6-3-11-13(8-22)25-16(20-11)21-15(24)12-7-17-4-5-18-12/h4-5,7,10H,3,6,8-9H2,1-2H3,(H,19,23)(H,20,21,24). The molecule has 8 nitrogen and oxygen atoms in total. The van der Waals surface area contributed by atoms with Crippen LogP contribution in [-0.2, 0) is 17.8 Å². The molecule has 9 heteroatoms. The Hall–Kier alpha value is -2.39. The maximum Gasteiger partial charge on any atom is 0.277 e. The van der Waals surface area contributed by atoms with E-state index in [1.807, 2.05) is 13.8 Å². The molecule has 0 spiro atoms. The zero-order valence-corrected chi connectivity index (χ0v) is 15.0. The molecule has 2 N–H and O–H groups in total. The van der Waals surface area contributed by atoms with Crippen molar-refractivity contribution in [1.82, 2.24) is 25.2 Å². The minimum atomic E-state index is -0.327. The number of hydrogen-bond acceptors (Lipinski definition) is 7. The number of carbonyl (C=O) groups is 2. The van der Waals surface area contributed by atoms with Gasteiger partial charge in [-0.2, -0.15) is 0 Å². The molecule has 0 atom stereocenters. The Morgan fingerprint density at radius 3 is 2.92 bits per heavy atom. The molecule has 1 aliphatic rings. The maximum atomic E-state index is 12.1. The Bertz CT molecular complexity index is 761. The summed E-state index contributed by atoms with van der Waals surface area (Å²) in [6, 6.07) is 0.138. The lowest BCUT2D eigenvalue weighted by atomic mass is 10.2. The number of rotatable bonds is 5. The van der Waals surface area contributed by atoms with Crippen LogP contribution in [0.25, 0.3) is 0 Å². The summed E-state index contributed by atoms with van der Waals surface area (Å²) in [4.78, 5) is 39.6. The Morgan fingerprint density at radius 1 is 1.36 bits per heavy atom. The summed E-state index contributed by atoms with van der Waals surface area (Å²) < 4.78 is 0. The normalized spacial score (nSPS) is 14.2. The molecule has 3 heterocycles. The molecule has 1 aliphatic heterocycles. The first-order valence-electron chi connectivity index (χ1n) is 8.09. The van der Waals surface area contributed by atoms with Gasteiger partial charge in [-0.3, -0.25) is 24.8 Å². The van der Waals surface area contributed by atoms with Crippen molar-refractivity contribution < 1.29 is 9.59 Å². The monoisotopic (exact) mass is 360 g/mol. The lowest BCUT2D eigenvalue weighted by Gasteiger charge is -2.25. The Labute approximate surface area is 149 Å². The van der Waals surface area contributed by atoms with Crippen LogP contribution in [0.2, 0.25) is 0 Å². The van der Waals surface area contributed by atoms with Gasteiger partial charge in [0.1, 0.15) is 5.69 Å². The summed E-state index contributed by atoms with van der Waals surface area (Å²) >= 11 is 1.44. The number of hydrogen-bond donors (Lipinski definition) is 2. The van der Waals surface area contributed by atoms with Crippen LogP contribution in [0.4, 0.5) is 5.13 Å². The molecule has 3 rings (SSSR count). The van der Waals surface area contributed by atoms with E-state index in [0.717, 1.165) is 23.5 Å². The van der Waals surface area contributed by atoms with Gasteiger partial charge in [0.15, 0.2) is 5.13 Å². The third-order valence-electron chi connectivity index (χ3n) is 3.64. The molecule has 132 valence electrons. The van der Waals surface area contributed by atoms with Crippen LogP contribution in [0.1, 0.15) is 34.9 Å². The molecular formula is C16H20N6O2S. The van der Waals surface area contributed by atoms with Crippen molar-refractivity contribution in [1.29, 1.82) is 0 Å². The first-order valence-corrected chi connectivity index (χ1v) is 8.90. The van der Waals surface area contributed by atoms with E-state index in [-0.39, 0.29) is 23.6 Å². The molecule has 2 aromatic rings. The van der Waals surface area contributed by atoms with Crippen molar-refractivity contribution in [3.63, 3.8) is 0 Å². The first-order chi connectivity index (χ1) is 12.0. The second-order valence-corrected chi connectivity index (χ2v) is 7.20. The minimum Gasteiger partial charge on any atom is -0.353 e. The van der Waals surface area contributed by atoms with E-state index in [0.29, 0.717) is 18.2 Å². The Kier molecular flexibility index (Phi) is 5.34. The van der Waals surface area contributed by atoms with Gasteiger partial charge < -0.3 is 5.32 Å². The highest BCUT2D eigenvalue weighted by Gasteiger charge is 2.23. The topological polar surface area (TPSA) is 100 Å². The van der Waals surface area contributed by atoms with Crippen LogP contribution in [-0.4, -0.2) is 50.8 Å². The van der Waals surface area contributed by atoms with E-state index < -0.39 is 0 Å². The fourth-order valence-corrected chi connectivity index (χ4v) is 3.63. The van der Waals surface area contributed by atoms with Gasteiger partial charge >= 0.3 is 0 Å². The second-order valence-electron chi connectivity index (χ2n) is 6.12. The predicted octanol–water partition coefficient (Wildman–Crippen LogP) is 1.07. The molecule has 2 amide bonds. The molecule has 25 heavy (non-hydrogen) atoms. The van der Waals surface area contributed by atoms with Crippen molar-refractivity contribution >= 4 is 28.3 Å². The summed E-state index contributed by atoms with van der Waals surface area (Å²) in [6.45, 7) is 5.71. The van der Waals surface area contributed by atoms with E-state index in [4.69, 9.17) is 0 Å². The highest BCUT2D eigenvalue weighted by Crippen LogP contribution is 2.28. The quantitative estimate of drug-likeness (QED) is 0.827. The lowest BCUT2D eigenvalue weighted by Crippen LogP contribution is -2.41. The van der Waals surface area contributed by atoms with Crippen LogP contribution in [0, 0.1) is 0 Å². The molecule has 0 saturated carbocycles. The highest BCUT2D eigenvalue weighted by molar-refractivity contribution is 7.15. The van der Waals surface area contributed by atoms with Crippen LogP contribution < -0.4 is 10.6 Å². The van der Waals surface area contributed by atoms with Gasteiger partial charge in [-0.05, 0) is 13.8 Å². The van der Waals surface area contributed by atoms with Crippen LogP contribution >= 0.6 is 11.3 Å². The summed E-state index contributed by atoms with van der Waals surface area (Å²) in [7, 11) is 0. The molecule has 0 bridgehead atoms. The number of thiazole rings is 1. The number of carbonyl (C=O) groups excluding carboxylic acids is 2. The first kappa shape index (κ1) is 17.4. The summed E-state index contributed by atoms with van der Waals surface area (Å²) in [5, 5.41) is 6.22. The van der Waals surface area contributed by atoms with Gasteiger partial charge in [0.2, 0.25) is 5.91 Å². The fraction of sp³-hybridized carbons (Fsp3) is 0.438. The van der Waals surface area contributed by atoms with E-state index in [2.05, 4.69) is 30.5 Å². The number of anilines is 1. The van der Waals surface area contributed by atoms with E-state index in [1.54, 1.807) is 0 Å². The van der Waals surface area contributed by atoms with Crippen molar-refractivity contribution in [3.8, 4) is 0 Å². The molecule has 0 aliphatic carbocycles. The largest absolute Gasteiger partial charge is 0.353 e.